The van der Waals surface area contributed by atoms with Crippen molar-refractivity contribution in [2.45, 2.75) is 0 Å². The van der Waals surface area contributed by atoms with Crippen LogP contribution in [0.2, 0.25) is 0 Å². The van der Waals surface area contributed by atoms with Crippen LogP contribution >= 0.6 is 0 Å². The molecule has 0 spiro atoms. The highest BCUT2D eigenvalue weighted by Gasteiger charge is 2.22. The molecule has 114 valence electrons. The molecule has 2 aromatic carbocycles. The second-order valence-corrected chi connectivity index (χ2v) is 3.80. The van der Waals surface area contributed by atoms with Crippen LogP contribution in [0.15, 0.2) is 18.2 Å². The maximum Gasteiger partial charge on any atom is 0.208 e. The van der Waals surface area contributed by atoms with Crippen LogP contribution in [-0.4, -0.2) is 46.0 Å². The number of rotatable bonds is 0. The van der Waals surface area contributed by atoms with E-state index in [0.29, 0.717) is 0 Å². The molecule has 0 radical (unpaired) electrons. The Morgan fingerprint density at radius 3 is 0.619 bits per heavy atom. The summed E-state index contributed by atoms with van der Waals surface area (Å²) in [5.74, 6) is -7.01. The highest BCUT2D eigenvalue weighted by molar-refractivity contribution is 5.70. The lowest BCUT2D eigenvalue weighted by Crippen LogP contribution is -1.77. The van der Waals surface area contributed by atoms with Gasteiger partial charge in [0.15, 0.2) is 0 Å². The number of hydrogen-bond acceptors (Lipinski definition) is 9. The summed E-state index contributed by atoms with van der Waals surface area (Å²) in [6.07, 6.45) is 0. The third kappa shape index (κ3) is 3.35. The summed E-state index contributed by atoms with van der Waals surface area (Å²) >= 11 is 0. The summed E-state index contributed by atoms with van der Waals surface area (Å²) < 4.78 is 0. The molecule has 0 aromatic heterocycles. The Morgan fingerprint density at radius 1 is 0.333 bits per heavy atom. The van der Waals surface area contributed by atoms with Gasteiger partial charge in [0.1, 0.15) is 17.2 Å². The van der Waals surface area contributed by atoms with Crippen molar-refractivity contribution in [2.24, 2.45) is 0 Å². The van der Waals surface area contributed by atoms with E-state index in [2.05, 4.69) is 0 Å². The Balaban J connectivity index is 0.000000219. The fraction of sp³-hybridized carbons (Fsp3) is 0. The van der Waals surface area contributed by atoms with E-state index in [1.54, 1.807) is 0 Å². The molecule has 2 rings (SSSR count). The van der Waals surface area contributed by atoms with Gasteiger partial charge in [-0.25, -0.2) is 0 Å². The molecule has 0 heterocycles. The van der Waals surface area contributed by atoms with Crippen molar-refractivity contribution in [1.29, 1.82) is 0 Å². The maximum absolute atomic E-state index is 8.76. The van der Waals surface area contributed by atoms with Gasteiger partial charge < -0.3 is 46.0 Å². The number of phenols is 9. The fourth-order valence-corrected chi connectivity index (χ4v) is 1.25. The highest BCUT2D eigenvalue weighted by Crippen LogP contribution is 2.54. The van der Waals surface area contributed by atoms with E-state index in [4.69, 9.17) is 46.0 Å². The van der Waals surface area contributed by atoms with Crippen molar-refractivity contribution in [3.05, 3.63) is 18.2 Å². The molecule has 0 amide bonds. The van der Waals surface area contributed by atoms with Gasteiger partial charge in [0.05, 0.1) is 0 Å². The van der Waals surface area contributed by atoms with Gasteiger partial charge in [0, 0.05) is 18.2 Å². The summed E-state index contributed by atoms with van der Waals surface area (Å²) in [4.78, 5) is 0. The molecule has 0 atom stereocenters. The van der Waals surface area contributed by atoms with E-state index < -0.39 is 34.5 Å². The zero-order valence-corrected chi connectivity index (χ0v) is 10.3. The lowest BCUT2D eigenvalue weighted by atomic mass is 10.2. The van der Waals surface area contributed by atoms with Crippen molar-refractivity contribution >= 4 is 0 Å². The topological polar surface area (TPSA) is 182 Å². The SMILES string of the molecule is Oc1c(O)c(O)c(O)c(O)c1O.Oc1cc(O)cc(O)c1. The Morgan fingerprint density at radius 2 is 0.476 bits per heavy atom. The van der Waals surface area contributed by atoms with E-state index in [0.717, 1.165) is 18.2 Å². The standard InChI is InChI=1S/C6H6O6.C6H6O3/c7-1-2(8)4(10)6(12)5(11)3(1)9;7-4-1-5(8)3-6(9)2-4/h7-12H;1-3,7-9H. The molecule has 2 aromatic rings. The molecule has 0 bridgehead atoms. The third-order valence-electron chi connectivity index (χ3n) is 2.23. The minimum atomic E-state index is -1.09. The number of hydrogen-bond donors (Lipinski definition) is 9. The van der Waals surface area contributed by atoms with Crippen molar-refractivity contribution in [1.82, 2.24) is 0 Å². The van der Waals surface area contributed by atoms with Gasteiger partial charge in [0.25, 0.3) is 0 Å². The van der Waals surface area contributed by atoms with Crippen molar-refractivity contribution < 1.29 is 46.0 Å². The first-order valence-corrected chi connectivity index (χ1v) is 5.24. The predicted molar refractivity (Wildman–Crippen MR) is 67.9 cm³/mol. The highest BCUT2D eigenvalue weighted by atomic mass is 16.4. The monoisotopic (exact) mass is 300 g/mol. The summed E-state index contributed by atoms with van der Waals surface area (Å²) in [6, 6.07) is 3.42. The van der Waals surface area contributed by atoms with E-state index >= 15 is 0 Å². The Labute approximate surface area is 117 Å². The van der Waals surface area contributed by atoms with Gasteiger partial charge in [0.2, 0.25) is 34.5 Å². The molecule has 0 aliphatic heterocycles. The first kappa shape index (κ1) is 15.7. The Hall–Kier alpha value is -3.36. The molecule has 9 heteroatoms. The molecule has 0 fully saturated rings. The van der Waals surface area contributed by atoms with Crippen LogP contribution < -0.4 is 0 Å². The number of aromatic hydroxyl groups is 9. The second-order valence-electron chi connectivity index (χ2n) is 3.80. The van der Waals surface area contributed by atoms with Crippen LogP contribution in [0.4, 0.5) is 0 Å². The molecule has 21 heavy (non-hydrogen) atoms. The molecule has 0 saturated carbocycles. The minimum Gasteiger partial charge on any atom is -0.508 e. The molecule has 0 aliphatic rings. The molecular weight excluding hydrogens is 288 g/mol. The Bertz CT molecular complexity index is 511. The molecule has 0 saturated heterocycles. The first-order chi connectivity index (χ1) is 9.65. The van der Waals surface area contributed by atoms with Crippen molar-refractivity contribution in [2.75, 3.05) is 0 Å². The van der Waals surface area contributed by atoms with Crippen LogP contribution in [0.25, 0.3) is 0 Å². The van der Waals surface area contributed by atoms with Crippen molar-refractivity contribution in [3.63, 3.8) is 0 Å². The molecule has 9 N–H and O–H groups in total. The van der Waals surface area contributed by atoms with Gasteiger partial charge in [-0.05, 0) is 0 Å². The molecule has 9 nitrogen and oxygen atoms in total. The fourth-order valence-electron chi connectivity index (χ4n) is 1.25. The molecule has 0 unspecified atom stereocenters. The molecular formula is C12H12O9. The van der Waals surface area contributed by atoms with Crippen LogP contribution in [0.1, 0.15) is 0 Å². The van der Waals surface area contributed by atoms with E-state index in [1.165, 1.54) is 0 Å². The second kappa shape index (κ2) is 5.74. The van der Waals surface area contributed by atoms with E-state index in [-0.39, 0.29) is 17.2 Å². The van der Waals surface area contributed by atoms with Crippen LogP contribution in [0, 0.1) is 0 Å². The summed E-state index contributed by atoms with van der Waals surface area (Å²) in [6.45, 7) is 0. The van der Waals surface area contributed by atoms with Gasteiger partial charge in [-0.3, -0.25) is 0 Å². The normalized spacial score (nSPS) is 9.71. The van der Waals surface area contributed by atoms with Crippen LogP contribution in [0.3, 0.4) is 0 Å². The third-order valence-corrected chi connectivity index (χ3v) is 2.23. The summed E-state index contributed by atoms with van der Waals surface area (Å²) in [5.41, 5.74) is 0. The first-order valence-electron chi connectivity index (χ1n) is 5.24. The van der Waals surface area contributed by atoms with Crippen molar-refractivity contribution in [3.8, 4) is 51.7 Å². The maximum atomic E-state index is 8.76. The average molecular weight is 300 g/mol. The van der Waals surface area contributed by atoms with Crippen LogP contribution in [0.5, 0.6) is 51.7 Å². The van der Waals surface area contributed by atoms with Gasteiger partial charge in [-0.1, -0.05) is 0 Å². The number of phenolic OH excluding ortho intramolecular Hbond substituents is 9. The van der Waals surface area contributed by atoms with Gasteiger partial charge >= 0.3 is 0 Å². The lowest BCUT2D eigenvalue weighted by molar-refractivity contribution is 0.303. The van der Waals surface area contributed by atoms with Gasteiger partial charge in [-0.2, -0.15) is 0 Å². The van der Waals surface area contributed by atoms with Crippen LogP contribution in [-0.2, 0) is 0 Å². The van der Waals surface area contributed by atoms with E-state index in [1.807, 2.05) is 0 Å². The largest absolute Gasteiger partial charge is 0.508 e. The van der Waals surface area contributed by atoms with Gasteiger partial charge in [-0.15, -0.1) is 0 Å². The Kier molecular flexibility index (Phi) is 4.29. The number of benzene rings is 2. The average Bonchev–Trinajstić information content (AvgIpc) is 2.40. The summed E-state index contributed by atoms with van der Waals surface area (Å²) in [5, 5.41) is 78.6. The smallest absolute Gasteiger partial charge is 0.208 e. The summed E-state index contributed by atoms with van der Waals surface area (Å²) in [7, 11) is 0. The van der Waals surface area contributed by atoms with E-state index in [9.17, 15) is 0 Å². The lowest BCUT2D eigenvalue weighted by Gasteiger charge is -2.06. The quantitative estimate of drug-likeness (QED) is 0.250. The minimum absolute atomic E-state index is 0.146. The predicted octanol–water partition coefficient (Wildman–Crippen LogP) is 0.724. The zero-order valence-electron chi connectivity index (χ0n) is 10.3. The zero-order chi connectivity index (χ0) is 16.3. The molecule has 0 aliphatic carbocycles.